The highest BCUT2D eigenvalue weighted by Gasteiger charge is 2.13. The van der Waals surface area contributed by atoms with Gasteiger partial charge in [-0.25, -0.2) is 4.98 Å². The number of hydrogen-bond donors (Lipinski definition) is 1. The van der Waals surface area contributed by atoms with E-state index in [1.807, 2.05) is 67.7 Å². The van der Waals surface area contributed by atoms with Crippen molar-refractivity contribution >= 4 is 16.7 Å². The molecule has 0 aliphatic heterocycles. The molecule has 0 atom stereocenters. The first-order chi connectivity index (χ1) is 11.3. The zero-order valence-electron chi connectivity index (χ0n) is 13.3. The fourth-order valence-electron chi connectivity index (χ4n) is 2.72. The van der Waals surface area contributed by atoms with Gasteiger partial charge < -0.3 is 5.32 Å². The molecule has 1 N–H and O–H groups in total. The van der Waals surface area contributed by atoms with Crippen molar-refractivity contribution in [2.75, 3.05) is 13.6 Å². The molecule has 0 bridgehead atoms. The Morgan fingerprint density at radius 1 is 1.04 bits per heavy atom. The number of rotatable bonds is 6. The number of carbonyl (C=O) groups is 1. The van der Waals surface area contributed by atoms with Gasteiger partial charge in [0.1, 0.15) is 0 Å². The Labute approximate surface area is 136 Å². The van der Waals surface area contributed by atoms with Crippen LogP contribution in [0.1, 0.15) is 23.2 Å². The fourth-order valence-corrected chi connectivity index (χ4v) is 2.72. The number of aromatic nitrogens is 1. The maximum absolute atomic E-state index is 12.7. The summed E-state index contributed by atoms with van der Waals surface area (Å²) in [6.45, 7) is 0.848. The maximum Gasteiger partial charge on any atom is 0.163 e. The summed E-state index contributed by atoms with van der Waals surface area (Å²) in [5.41, 5.74) is 3.51. The van der Waals surface area contributed by atoms with E-state index in [1.165, 1.54) is 0 Å². The molecule has 0 unspecified atom stereocenters. The van der Waals surface area contributed by atoms with Crippen LogP contribution in [0.5, 0.6) is 0 Å². The van der Waals surface area contributed by atoms with Gasteiger partial charge in [-0.15, -0.1) is 0 Å². The van der Waals surface area contributed by atoms with Crippen molar-refractivity contribution in [1.82, 2.24) is 10.3 Å². The quantitative estimate of drug-likeness (QED) is 0.551. The van der Waals surface area contributed by atoms with Gasteiger partial charge in [-0.1, -0.05) is 48.5 Å². The van der Waals surface area contributed by atoms with E-state index in [9.17, 15) is 4.79 Å². The van der Waals surface area contributed by atoms with E-state index >= 15 is 0 Å². The standard InChI is InChI=1S/C20H20N2O/c1-21-13-7-12-20(23)17-14-19(15-8-3-2-4-9-15)22-18-11-6-5-10-16(17)18/h2-6,8-11,14,21H,7,12-13H2,1H3. The van der Waals surface area contributed by atoms with Crippen LogP contribution in [0.3, 0.4) is 0 Å². The average molecular weight is 304 g/mol. The number of Topliss-reactive ketones (excluding diaryl/α,β-unsaturated/α-hetero) is 1. The molecule has 0 aliphatic rings. The van der Waals surface area contributed by atoms with Crippen molar-refractivity contribution in [3.63, 3.8) is 0 Å². The van der Waals surface area contributed by atoms with Crippen LogP contribution in [0.4, 0.5) is 0 Å². The van der Waals surface area contributed by atoms with Gasteiger partial charge in [0.25, 0.3) is 0 Å². The lowest BCUT2D eigenvalue weighted by atomic mass is 9.99. The van der Waals surface area contributed by atoms with Crippen molar-refractivity contribution in [1.29, 1.82) is 0 Å². The van der Waals surface area contributed by atoms with E-state index in [0.717, 1.165) is 40.7 Å². The zero-order chi connectivity index (χ0) is 16.1. The third-order valence-electron chi connectivity index (χ3n) is 3.92. The van der Waals surface area contributed by atoms with Crippen LogP contribution in [0.15, 0.2) is 60.7 Å². The minimum Gasteiger partial charge on any atom is -0.320 e. The molecule has 2 aromatic carbocycles. The molecule has 0 saturated heterocycles. The third-order valence-corrected chi connectivity index (χ3v) is 3.92. The van der Waals surface area contributed by atoms with Gasteiger partial charge in [-0.3, -0.25) is 4.79 Å². The second-order valence-electron chi connectivity index (χ2n) is 5.57. The number of ketones is 1. The van der Waals surface area contributed by atoms with Gasteiger partial charge in [-0.05, 0) is 32.1 Å². The molecule has 23 heavy (non-hydrogen) atoms. The highest BCUT2D eigenvalue weighted by atomic mass is 16.1. The molecule has 0 amide bonds. The first kappa shape index (κ1) is 15.4. The Bertz CT molecular complexity index is 812. The number of fused-ring (bicyclic) bond motifs is 1. The molecule has 1 heterocycles. The number of hydrogen-bond acceptors (Lipinski definition) is 3. The van der Waals surface area contributed by atoms with Gasteiger partial charge >= 0.3 is 0 Å². The SMILES string of the molecule is CNCCCC(=O)c1cc(-c2ccccc2)nc2ccccc12. The van der Waals surface area contributed by atoms with Gasteiger partial charge in [0.05, 0.1) is 11.2 Å². The van der Waals surface area contributed by atoms with Gasteiger partial charge in [0, 0.05) is 22.9 Å². The normalized spacial score (nSPS) is 10.8. The van der Waals surface area contributed by atoms with Crippen molar-refractivity contribution in [2.24, 2.45) is 0 Å². The molecule has 0 spiro atoms. The van der Waals surface area contributed by atoms with Crippen molar-refractivity contribution in [3.8, 4) is 11.3 Å². The summed E-state index contributed by atoms with van der Waals surface area (Å²) in [6.07, 6.45) is 1.38. The first-order valence-corrected chi connectivity index (χ1v) is 7.92. The monoisotopic (exact) mass is 304 g/mol. The minimum absolute atomic E-state index is 0.177. The molecule has 3 nitrogen and oxygen atoms in total. The van der Waals surface area contributed by atoms with Crippen LogP contribution in [0.25, 0.3) is 22.2 Å². The zero-order valence-corrected chi connectivity index (χ0v) is 13.3. The number of benzene rings is 2. The lowest BCUT2D eigenvalue weighted by Gasteiger charge is -2.09. The maximum atomic E-state index is 12.7. The summed E-state index contributed by atoms with van der Waals surface area (Å²) in [5, 5.41) is 4.02. The van der Waals surface area contributed by atoms with Crippen LogP contribution in [0.2, 0.25) is 0 Å². The number of carbonyl (C=O) groups excluding carboxylic acids is 1. The van der Waals surface area contributed by atoms with Crippen LogP contribution < -0.4 is 5.32 Å². The third kappa shape index (κ3) is 3.46. The Kier molecular flexibility index (Phi) is 4.79. The number of nitrogens with zero attached hydrogens (tertiary/aromatic N) is 1. The molecule has 0 aliphatic carbocycles. The van der Waals surface area contributed by atoms with Gasteiger partial charge in [0.15, 0.2) is 5.78 Å². The van der Waals surface area contributed by atoms with Crippen molar-refractivity contribution < 1.29 is 4.79 Å². The van der Waals surface area contributed by atoms with Gasteiger partial charge in [0.2, 0.25) is 0 Å². The van der Waals surface area contributed by atoms with Crippen molar-refractivity contribution in [3.05, 3.63) is 66.2 Å². The van der Waals surface area contributed by atoms with E-state index < -0.39 is 0 Å². The minimum atomic E-state index is 0.177. The lowest BCUT2D eigenvalue weighted by molar-refractivity contribution is 0.0982. The van der Waals surface area contributed by atoms with E-state index in [-0.39, 0.29) is 5.78 Å². The Morgan fingerprint density at radius 2 is 1.78 bits per heavy atom. The summed E-state index contributed by atoms with van der Waals surface area (Å²) in [5.74, 6) is 0.177. The Balaban J connectivity index is 2.06. The van der Waals surface area contributed by atoms with Crippen LogP contribution >= 0.6 is 0 Å². The van der Waals surface area contributed by atoms with E-state index in [0.29, 0.717) is 6.42 Å². The predicted molar refractivity (Wildman–Crippen MR) is 94.7 cm³/mol. The fraction of sp³-hybridized carbons (Fsp3) is 0.200. The first-order valence-electron chi connectivity index (χ1n) is 7.92. The summed E-state index contributed by atoms with van der Waals surface area (Å²) < 4.78 is 0. The highest BCUT2D eigenvalue weighted by Crippen LogP contribution is 2.25. The predicted octanol–water partition coefficient (Wildman–Crippen LogP) is 4.08. The van der Waals surface area contributed by atoms with Crippen LogP contribution in [-0.2, 0) is 0 Å². The summed E-state index contributed by atoms with van der Waals surface area (Å²) >= 11 is 0. The molecule has 3 rings (SSSR count). The highest BCUT2D eigenvalue weighted by molar-refractivity contribution is 6.08. The molecule has 0 saturated carbocycles. The average Bonchev–Trinajstić information content (AvgIpc) is 2.61. The Hall–Kier alpha value is -2.52. The van der Waals surface area contributed by atoms with Crippen molar-refractivity contribution in [2.45, 2.75) is 12.8 Å². The second-order valence-corrected chi connectivity index (χ2v) is 5.57. The smallest absolute Gasteiger partial charge is 0.163 e. The molecule has 0 fully saturated rings. The number of pyridine rings is 1. The summed E-state index contributed by atoms with van der Waals surface area (Å²) in [7, 11) is 1.90. The lowest BCUT2D eigenvalue weighted by Crippen LogP contribution is -2.10. The largest absolute Gasteiger partial charge is 0.320 e. The van der Waals surface area contributed by atoms with E-state index in [2.05, 4.69) is 5.32 Å². The Morgan fingerprint density at radius 3 is 2.57 bits per heavy atom. The topological polar surface area (TPSA) is 42.0 Å². The van der Waals surface area contributed by atoms with E-state index in [4.69, 9.17) is 4.98 Å². The number of nitrogens with one attached hydrogen (secondary N) is 1. The van der Waals surface area contributed by atoms with Gasteiger partial charge in [-0.2, -0.15) is 0 Å². The molecule has 0 radical (unpaired) electrons. The number of para-hydroxylation sites is 1. The van der Waals surface area contributed by atoms with E-state index in [1.54, 1.807) is 0 Å². The van der Waals surface area contributed by atoms with Crippen LogP contribution in [0, 0.1) is 0 Å². The molecule has 116 valence electrons. The second kappa shape index (κ2) is 7.16. The summed E-state index contributed by atoms with van der Waals surface area (Å²) in [4.78, 5) is 17.4. The molecule has 3 heteroatoms. The molecular formula is C20H20N2O. The molecule has 1 aromatic heterocycles. The molecular weight excluding hydrogens is 284 g/mol. The van der Waals surface area contributed by atoms with Crippen LogP contribution in [-0.4, -0.2) is 24.4 Å². The summed E-state index contributed by atoms with van der Waals surface area (Å²) in [6, 6.07) is 19.8. The molecule has 3 aromatic rings.